The maximum absolute atomic E-state index is 12.7. The second-order valence-electron chi connectivity index (χ2n) is 6.22. The first-order valence-corrected chi connectivity index (χ1v) is 8.37. The summed E-state index contributed by atoms with van der Waals surface area (Å²) in [7, 11) is 0. The number of rotatable bonds is 3. The number of carbonyl (C=O) groups excluding carboxylic acids is 1. The minimum atomic E-state index is 0. The number of hydrogen-bond donors (Lipinski definition) is 1. The molecular weight excluding hydrogens is 319 g/mol. The highest BCUT2D eigenvalue weighted by molar-refractivity contribution is 6.30. The summed E-state index contributed by atoms with van der Waals surface area (Å²) >= 11 is 6.10. The monoisotopic (exact) mass is 342 g/mol. The van der Waals surface area contributed by atoms with Gasteiger partial charge in [-0.3, -0.25) is 4.79 Å². The minimum Gasteiger partial charge on any atom is -0.333 e. The molecular formula is C17H24Cl2N2O. The third kappa shape index (κ3) is 4.15. The van der Waals surface area contributed by atoms with Crippen LogP contribution in [0.15, 0.2) is 24.3 Å². The van der Waals surface area contributed by atoms with Crippen LogP contribution in [0.5, 0.6) is 0 Å². The molecule has 1 amide bonds. The van der Waals surface area contributed by atoms with E-state index in [1.165, 1.54) is 25.7 Å². The molecule has 22 heavy (non-hydrogen) atoms. The summed E-state index contributed by atoms with van der Waals surface area (Å²) in [6.45, 7) is 2.49. The Morgan fingerprint density at radius 2 is 2.09 bits per heavy atom. The van der Waals surface area contributed by atoms with Gasteiger partial charge >= 0.3 is 0 Å². The summed E-state index contributed by atoms with van der Waals surface area (Å²) in [5.41, 5.74) is 1.13. The zero-order chi connectivity index (χ0) is 14.7. The van der Waals surface area contributed by atoms with Gasteiger partial charge in [0.15, 0.2) is 0 Å². The first-order chi connectivity index (χ1) is 10.2. The van der Waals surface area contributed by atoms with Gasteiger partial charge in [-0.15, -0.1) is 12.4 Å². The van der Waals surface area contributed by atoms with Crippen LogP contribution in [0.25, 0.3) is 0 Å². The Bertz CT molecular complexity index is 503. The van der Waals surface area contributed by atoms with Gasteiger partial charge in [-0.05, 0) is 36.5 Å². The first kappa shape index (κ1) is 17.6. The van der Waals surface area contributed by atoms with Crippen LogP contribution in [-0.2, 0) is 4.79 Å². The molecule has 1 unspecified atom stereocenters. The lowest BCUT2D eigenvalue weighted by Crippen LogP contribution is -2.49. The standard InChI is InChI=1S/C17H23ClN2O.ClH/c18-15-7-3-6-14(11-15)16-12-19-8-9-20(16)17(21)10-13-4-1-2-5-13;/h3,6-7,11,13,16,19H,1-2,4-5,8-10,12H2;1H. The minimum absolute atomic E-state index is 0. The Morgan fingerprint density at radius 1 is 1.32 bits per heavy atom. The summed E-state index contributed by atoms with van der Waals surface area (Å²) in [5.74, 6) is 0.917. The molecule has 2 fully saturated rings. The molecule has 0 spiro atoms. The van der Waals surface area contributed by atoms with Crippen LogP contribution in [-0.4, -0.2) is 30.4 Å². The predicted molar refractivity (Wildman–Crippen MR) is 92.6 cm³/mol. The fourth-order valence-electron chi connectivity index (χ4n) is 3.59. The largest absolute Gasteiger partial charge is 0.333 e. The predicted octanol–water partition coefficient (Wildman–Crippen LogP) is 3.82. The van der Waals surface area contributed by atoms with Crippen LogP contribution in [0.3, 0.4) is 0 Å². The number of carbonyl (C=O) groups is 1. The van der Waals surface area contributed by atoms with Gasteiger partial charge in [-0.2, -0.15) is 0 Å². The van der Waals surface area contributed by atoms with Crippen molar-refractivity contribution in [2.24, 2.45) is 5.92 Å². The zero-order valence-electron chi connectivity index (χ0n) is 12.8. The average molecular weight is 343 g/mol. The summed E-state index contributed by atoms with van der Waals surface area (Å²) in [5, 5.41) is 4.13. The number of piperazine rings is 1. The van der Waals surface area contributed by atoms with E-state index in [1.807, 2.05) is 18.2 Å². The van der Waals surface area contributed by atoms with E-state index in [-0.39, 0.29) is 18.4 Å². The fourth-order valence-corrected chi connectivity index (χ4v) is 3.79. The van der Waals surface area contributed by atoms with Crippen molar-refractivity contribution in [2.45, 2.75) is 38.1 Å². The Kier molecular flexibility index (Phi) is 6.54. The lowest BCUT2D eigenvalue weighted by molar-refractivity contribution is -0.135. The quantitative estimate of drug-likeness (QED) is 0.905. The highest BCUT2D eigenvalue weighted by Crippen LogP contribution is 2.31. The van der Waals surface area contributed by atoms with Crippen molar-refractivity contribution in [3.8, 4) is 0 Å². The molecule has 0 bridgehead atoms. The van der Waals surface area contributed by atoms with Gasteiger partial charge in [0.2, 0.25) is 5.91 Å². The summed E-state index contributed by atoms with van der Waals surface area (Å²) in [6, 6.07) is 8.01. The normalized spacial score (nSPS) is 22.4. The smallest absolute Gasteiger partial charge is 0.223 e. The Hall–Kier alpha value is -0.770. The van der Waals surface area contributed by atoms with Crippen molar-refractivity contribution < 1.29 is 4.79 Å². The number of nitrogens with one attached hydrogen (secondary N) is 1. The van der Waals surface area contributed by atoms with E-state index in [2.05, 4.69) is 16.3 Å². The van der Waals surface area contributed by atoms with Crippen molar-refractivity contribution in [3.63, 3.8) is 0 Å². The molecule has 0 radical (unpaired) electrons. The van der Waals surface area contributed by atoms with Crippen LogP contribution in [0.2, 0.25) is 5.02 Å². The van der Waals surface area contributed by atoms with E-state index in [0.29, 0.717) is 11.8 Å². The van der Waals surface area contributed by atoms with Crippen molar-refractivity contribution in [2.75, 3.05) is 19.6 Å². The van der Waals surface area contributed by atoms with Crippen LogP contribution >= 0.6 is 24.0 Å². The van der Waals surface area contributed by atoms with Gasteiger partial charge in [0, 0.05) is 31.1 Å². The number of benzene rings is 1. The molecule has 1 aliphatic carbocycles. The maximum Gasteiger partial charge on any atom is 0.223 e. The molecule has 1 aliphatic heterocycles. The van der Waals surface area contributed by atoms with Crippen LogP contribution in [0.1, 0.15) is 43.7 Å². The second kappa shape index (κ2) is 8.19. The lowest BCUT2D eigenvalue weighted by Gasteiger charge is -2.37. The maximum atomic E-state index is 12.7. The molecule has 1 saturated heterocycles. The molecule has 1 aromatic carbocycles. The molecule has 122 valence electrons. The highest BCUT2D eigenvalue weighted by Gasteiger charge is 2.29. The lowest BCUT2D eigenvalue weighted by atomic mass is 9.99. The SMILES string of the molecule is Cl.O=C(CC1CCCC1)N1CCNCC1c1cccc(Cl)c1. The number of nitrogens with zero attached hydrogens (tertiary/aromatic N) is 1. The van der Waals surface area contributed by atoms with E-state index in [1.54, 1.807) is 0 Å². The van der Waals surface area contributed by atoms with Gasteiger partial charge in [0.05, 0.1) is 6.04 Å². The Labute approximate surface area is 143 Å². The van der Waals surface area contributed by atoms with Crippen molar-refractivity contribution in [3.05, 3.63) is 34.9 Å². The Balaban J connectivity index is 0.00000176. The molecule has 1 saturated carbocycles. The third-order valence-electron chi connectivity index (χ3n) is 4.74. The molecule has 3 rings (SSSR count). The van der Waals surface area contributed by atoms with Crippen molar-refractivity contribution in [1.82, 2.24) is 10.2 Å². The fraction of sp³-hybridized carbons (Fsp3) is 0.588. The number of halogens is 2. The molecule has 5 heteroatoms. The van der Waals surface area contributed by atoms with E-state index < -0.39 is 0 Å². The molecule has 2 aliphatic rings. The highest BCUT2D eigenvalue weighted by atomic mass is 35.5. The number of amides is 1. The topological polar surface area (TPSA) is 32.3 Å². The van der Waals surface area contributed by atoms with Gasteiger partial charge in [-0.25, -0.2) is 0 Å². The summed E-state index contributed by atoms with van der Waals surface area (Å²) in [6.07, 6.45) is 5.74. The van der Waals surface area contributed by atoms with Gasteiger partial charge < -0.3 is 10.2 Å². The molecule has 3 nitrogen and oxygen atoms in total. The molecule has 0 aromatic heterocycles. The molecule has 1 heterocycles. The average Bonchev–Trinajstić information content (AvgIpc) is 3.00. The zero-order valence-corrected chi connectivity index (χ0v) is 14.3. The molecule has 1 N–H and O–H groups in total. The summed E-state index contributed by atoms with van der Waals surface area (Å²) in [4.78, 5) is 14.7. The summed E-state index contributed by atoms with van der Waals surface area (Å²) < 4.78 is 0. The van der Waals surface area contributed by atoms with Gasteiger partial charge in [0.25, 0.3) is 0 Å². The third-order valence-corrected chi connectivity index (χ3v) is 4.97. The number of hydrogen-bond acceptors (Lipinski definition) is 2. The van der Waals surface area contributed by atoms with E-state index in [4.69, 9.17) is 11.6 Å². The van der Waals surface area contributed by atoms with E-state index >= 15 is 0 Å². The first-order valence-electron chi connectivity index (χ1n) is 7.99. The van der Waals surface area contributed by atoms with Gasteiger partial charge in [-0.1, -0.05) is 36.6 Å². The van der Waals surface area contributed by atoms with Crippen molar-refractivity contribution >= 4 is 29.9 Å². The van der Waals surface area contributed by atoms with Gasteiger partial charge in [0.1, 0.15) is 0 Å². The second-order valence-corrected chi connectivity index (χ2v) is 6.65. The van der Waals surface area contributed by atoms with Crippen molar-refractivity contribution in [1.29, 1.82) is 0 Å². The van der Waals surface area contributed by atoms with E-state index in [9.17, 15) is 4.79 Å². The molecule has 1 atom stereocenters. The van der Waals surface area contributed by atoms with Crippen LogP contribution in [0, 0.1) is 5.92 Å². The molecule has 1 aromatic rings. The Morgan fingerprint density at radius 3 is 2.82 bits per heavy atom. The van der Waals surface area contributed by atoms with E-state index in [0.717, 1.165) is 36.6 Å². The van der Waals surface area contributed by atoms with Crippen LogP contribution < -0.4 is 5.32 Å². The van der Waals surface area contributed by atoms with Crippen LogP contribution in [0.4, 0.5) is 0 Å².